The number of rotatable bonds is 7. The molecule has 12 nitrogen and oxygen atoms in total. The molecular weight excluding hydrogens is 390 g/mol. The summed E-state index contributed by atoms with van der Waals surface area (Å²) in [5.41, 5.74) is 9.68. The number of amides is 1. The van der Waals surface area contributed by atoms with Gasteiger partial charge in [-0.2, -0.15) is 9.78 Å². The molecule has 3 aromatic heterocycles. The van der Waals surface area contributed by atoms with Gasteiger partial charge in [0.2, 0.25) is 11.6 Å². The van der Waals surface area contributed by atoms with Crippen molar-refractivity contribution in [1.29, 1.82) is 0 Å². The van der Waals surface area contributed by atoms with E-state index in [-0.39, 0.29) is 17.3 Å². The van der Waals surface area contributed by atoms with Gasteiger partial charge in [0.15, 0.2) is 5.69 Å². The Labute approximate surface area is 172 Å². The zero-order chi connectivity index (χ0) is 20.9. The number of nitrogens with two attached hydrogens (primary N) is 1. The Morgan fingerprint density at radius 1 is 1.40 bits per heavy atom. The smallest absolute Gasteiger partial charge is 0.293 e. The van der Waals surface area contributed by atoms with Gasteiger partial charge in [-0.3, -0.25) is 9.69 Å². The number of nitrogen functional groups attached to an aromatic ring is 1. The van der Waals surface area contributed by atoms with Crippen LogP contribution in [0, 0.1) is 0 Å². The summed E-state index contributed by atoms with van der Waals surface area (Å²) in [5.74, 6) is -0.245. The van der Waals surface area contributed by atoms with Gasteiger partial charge in [-0.1, -0.05) is 24.5 Å². The van der Waals surface area contributed by atoms with Crippen molar-refractivity contribution in [2.45, 2.75) is 44.7 Å². The molecule has 1 saturated carbocycles. The van der Waals surface area contributed by atoms with E-state index >= 15 is 0 Å². The fraction of sp³-hybridized carbons (Fsp3) is 0.444. The maximum Gasteiger partial charge on any atom is 0.293 e. The molecule has 12 heteroatoms. The number of nitrogens with zero attached hydrogens (tertiary/aromatic N) is 7. The molecule has 1 aliphatic rings. The Hall–Kier alpha value is -3.54. The summed E-state index contributed by atoms with van der Waals surface area (Å²) >= 11 is 0. The molecule has 3 aromatic rings. The van der Waals surface area contributed by atoms with Crippen LogP contribution in [0.4, 0.5) is 5.82 Å². The standard InChI is InChI=1S/C18H23N9O3/c1-26(13-5-3-2-4-6-13)10-14-15(18(28)22-20-9-12-7-8-29-11-12)21-25-27(14)17-16(19)23-30-24-17/h7-9,11,13H,2-6,10H2,1H3,(H2,19,23)(H,22,28). The minimum atomic E-state index is -0.497. The Morgan fingerprint density at radius 3 is 2.93 bits per heavy atom. The molecule has 1 aliphatic carbocycles. The van der Waals surface area contributed by atoms with Crippen LogP contribution in [0.1, 0.15) is 53.8 Å². The zero-order valence-electron chi connectivity index (χ0n) is 16.6. The number of carbonyl (C=O) groups excluding carboxylic acids is 1. The van der Waals surface area contributed by atoms with Crippen molar-refractivity contribution in [2.24, 2.45) is 5.10 Å². The molecule has 0 aromatic carbocycles. The van der Waals surface area contributed by atoms with Crippen molar-refractivity contribution in [2.75, 3.05) is 12.8 Å². The normalized spacial score (nSPS) is 15.3. The first-order valence-electron chi connectivity index (χ1n) is 9.72. The molecule has 1 amide bonds. The van der Waals surface area contributed by atoms with Gasteiger partial charge in [-0.15, -0.1) is 5.10 Å². The number of nitrogens with one attached hydrogen (secondary N) is 1. The quantitative estimate of drug-likeness (QED) is 0.431. The van der Waals surface area contributed by atoms with E-state index in [1.165, 1.54) is 42.7 Å². The minimum absolute atomic E-state index is 0.0615. The number of furan rings is 1. The van der Waals surface area contributed by atoms with Crippen molar-refractivity contribution >= 4 is 17.9 Å². The van der Waals surface area contributed by atoms with Crippen LogP contribution in [0.25, 0.3) is 5.82 Å². The summed E-state index contributed by atoms with van der Waals surface area (Å²) in [5, 5.41) is 19.4. The highest BCUT2D eigenvalue weighted by Crippen LogP contribution is 2.24. The summed E-state index contributed by atoms with van der Waals surface area (Å²) in [6.45, 7) is 0.429. The lowest BCUT2D eigenvalue weighted by molar-refractivity contribution is 0.0947. The number of anilines is 1. The highest BCUT2D eigenvalue weighted by Gasteiger charge is 2.27. The molecule has 0 bridgehead atoms. The van der Waals surface area contributed by atoms with Gasteiger partial charge >= 0.3 is 0 Å². The number of hydrogen-bond donors (Lipinski definition) is 2. The molecule has 30 heavy (non-hydrogen) atoms. The van der Waals surface area contributed by atoms with Gasteiger partial charge in [0.1, 0.15) is 0 Å². The van der Waals surface area contributed by atoms with E-state index in [2.05, 4.69) is 36.1 Å². The van der Waals surface area contributed by atoms with Crippen LogP contribution in [0.2, 0.25) is 0 Å². The minimum Gasteiger partial charge on any atom is -0.472 e. The second-order valence-corrected chi connectivity index (χ2v) is 7.23. The first-order valence-corrected chi connectivity index (χ1v) is 9.72. The van der Waals surface area contributed by atoms with E-state index in [1.807, 2.05) is 7.05 Å². The number of carbonyl (C=O) groups is 1. The van der Waals surface area contributed by atoms with Crippen LogP contribution in [-0.2, 0) is 6.54 Å². The summed E-state index contributed by atoms with van der Waals surface area (Å²) in [6, 6.07) is 2.14. The molecule has 0 spiro atoms. The second-order valence-electron chi connectivity index (χ2n) is 7.23. The van der Waals surface area contributed by atoms with Gasteiger partial charge in [-0.25, -0.2) is 10.1 Å². The molecule has 1 fully saturated rings. The topological polar surface area (TPSA) is 153 Å². The highest BCUT2D eigenvalue weighted by molar-refractivity contribution is 5.94. The average molecular weight is 413 g/mol. The summed E-state index contributed by atoms with van der Waals surface area (Å²) in [4.78, 5) is 14.9. The van der Waals surface area contributed by atoms with Crippen LogP contribution < -0.4 is 11.2 Å². The summed E-state index contributed by atoms with van der Waals surface area (Å²) in [6.07, 6.45) is 10.4. The zero-order valence-corrected chi connectivity index (χ0v) is 16.6. The number of aromatic nitrogens is 5. The molecule has 158 valence electrons. The number of hydrogen-bond acceptors (Lipinski definition) is 10. The maximum atomic E-state index is 12.7. The predicted molar refractivity (Wildman–Crippen MR) is 106 cm³/mol. The molecule has 0 aliphatic heterocycles. The lowest BCUT2D eigenvalue weighted by Crippen LogP contribution is -2.34. The molecular formula is C18H23N9O3. The van der Waals surface area contributed by atoms with Crippen molar-refractivity contribution in [3.8, 4) is 5.82 Å². The van der Waals surface area contributed by atoms with Crippen LogP contribution in [0.5, 0.6) is 0 Å². The van der Waals surface area contributed by atoms with E-state index in [1.54, 1.807) is 6.07 Å². The molecule has 3 heterocycles. The van der Waals surface area contributed by atoms with Crippen molar-refractivity contribution in [3.05, 3.63) is 35.5 Å². The molecule has 4 rings (SSSR count). The first kappa shape index (κ1) is 19.8. The van der Waals surface area contributed by atoms with Crippen LogP contribution in [0.15, 0.2) is 32.7 Å². The molecule has 0 atom stereocenters. The van der Waals surface area contributed by atoms with Crippen molar-refractivity contribution < 1.29 is 13.8 Å². The number of hydrazone groups is 1. The Kier molecular flexibility index (Phi) is 5.84. The largest absolute Gasteiger partial charge is 0.472 e. The highest BCUT2D eigenvalue weighted by atomic mass is 16.6. The second kappa shape index (κ2) is 8.86. The third-order valence-electron chi connectivity index (χ3n) is 5.19. The molecule has 0 unspecified atom stereocenters. The Balaban J connectivity index is 1.58. The Morgan fingerprint density at radius 2 is 2.23 bits per heavy atom. The van der Waals surface area contributed by atoms with Gasteiger partial charge in [0.25, 0.3) is 5.91 Å². The van der Waals surface area contributed by atoms with Crippen molar-refractivity contribution in [1.82, 2.24) is 35.6 Å². The maximum absolute atomic E-state index is 12.7. The lowest BCUT2D eigenvalue weighted by Gasteiger charge is -2.31. The monoisotopic (exact) mass is 413 g/mol. The van der Waals surface area contributed by atoms with Gasteiger partial charge in [0.05, 0.1) is 24.4 Å². The fourth-order valence-electron chi connectivity index (χ4n) is 3.58. The van der Waals surface area contributed by atoms with E-state index < -0.39 is 5.91 Å². The fourth-order valence-corrected chi connectivity index (χ4v) is 3.58. The third kappa shape index (κ3) is 4.22. The predicted octanol–water partition coefficient (Wildman–Crippen LogP) is 1.35. The van der Waals surface area contributed by atoms with Crippen molar-refractivity contribution in [3.63, 3.8) is 0 Å². The molecule has 3 N–H and O–H groups in total. The van der Waals surface area contributed by atoms with Gasteiger partial charge in [-0.05, 0) is 36.3 Å². The van der Waals surface area contributed by atoms with Gasteiger partial charge in [0, 0.05) is 18.2 Å². The van der Waals surface area contributed by atoms with Crippen LogP contribution >= 0.6 is 0 Å². The Bertz CT molecular complexity index is 1000. The van der Waals surface area contributed by atoms with Gasteiger partial charge < -0.3 is 10.2 Å². The third-order valence-corrected chi connectivity index (χ3v) is 5.19. The SMILES string of the molecule is CN(Cc1c(C(=O)NN=Cc2ccoc2)nnn1-c1nonc1N)C1CCCCC1. The first-order chi connectivity index (χ1) is 14.6. The van der Waals surface area contributed by atoms with E-state index in [9.17, 15) is 4.79 Å². The van der Waals surface area contributed by atoms with E-state index in [0.29, 0.717) is 18.3 Å². The molecule has 0 radical (unpaired) electrons. The van der Waals surface area contributed by atoms with Crippen LogP contribution in [-0.4, -0.2) is 55.4 Å². The molecule has 0 saturated heterocycles. The summed E-state index contributed by atoms with van der Waals surface area (Å²) in [7, 11) is 2.02. The van der Waals surface area contributed by atoms with E-state index in [4.69, 9.17) is 14.8 Å². The summed E-state index contributed by atoms with van der Waals surface area (Å²) < 4.78 is 11.0. The van der Waals surface area contributed by atoms with E-state index in [0.717, 1.165) is 18.4 Å². The average Bonchev–Trinajstić information content (AvgIpc) is 3.50. The van der Waals surface area contributed by atoms with Crippen LogP contribution in [0.3, 0.4) is 0 Å². The lowest BCUT2D eigenvalue weighted by atomic mass is 9.94.